The lowest BCUT2D eigenvalue weighted by molar-refractivity contribution is -0.139. The van der Waals surface area contributed by atoms with Gasteiger partial charge in [0.1, 0.15) is 5.75 Å². The first-order valence-corrected chi connectivity index (χ1v) is 14.6. The van der Waals surface area contributed by atoms with Crippen LogP contribution in [-0.4, -0.2) is 35.1 Å². The number of thiazole rings is 1. The first kappa shape index (κ1) is 27.6. The third kappa shape index (κ3) is 4.71. The van der Waals surface area contributed by atoms with Crippen molar-refractivity contribution in [2.45, 2.75) is 40.7 Å². The van der Waals surface area contributed by atoms with Gasteiger partial charge in [0.05, 0.1) is 35.1 Å². The molecule has 0 aliphatic carbocycles. The van der Waals surface area contributed by atoms with E-state index in [1.54, 1.807) is 18.4 Å². The Hall–Kier alpha value is -4.57. The zero-order chi connectivity index (χ0) is 29.5. The molecular weight excluding hydrogens is 554 g/mol. The molecule has 1 atom stereocenters. The number of esters is 1. The van der Waals surface area contributed by atoms with Crippen LogP contribution in [-0.2, 0) is 9.53 Å². The zero-order valence-electron chi connectivity index (χ0n) is 24.1. The van der Waals surface area contributed by atoms with E-state index in [0.717, 1.165) is 34.0 Å². The Morgan fingerprint density at radius 2 is 1.81 bits per heavy atom. The van der Waals surface area contributed by atoms with Gasteiger partial charge in [0.25, 0.3) is 5.56 Å². The molecule has 0 saturated carbocycles. The van der Waals surface area contributed by atoms with Gasteiger partial charge in [-0.15, -0.1) is 0 Å². The average Bonchev–Trinajstić information content (AvgIpc) is 3.64. The van der Waals surface area contributed by atoms with E-state index in [0.29, 0.717) is 38.7 Å². The normalized spacial score (nSPS) is 15.9. The lowest BCUT2D eigenvalue weighted by Gasteiger charge is -2.24. The molecule has 2 aliphatic rings. The van der Waals surface area contributed by atoms with Crippen LogP contribution in [0.5, 0.6) is 17.2 Å². The molecule has 0 N–H and O–H groups in total. The Kier molecular flexibility index (Phi) is 7.24. The lowest BCUT2D eigenvalue weighted by atomic mass is 9.96. The number of hydrogen-bond donors (Lipinski definition) is 0. The van der Waals surface area contributed by atoms with Crippen molar-refractivity contribution in [1.82, 2.24) is 9.13 Å². The Bertz CT molecular complexity index is 1910. The minimum absolute atomic E-state index is 0.212. The zero-order valence-corrected chi connectivity index (χ0v) is 24.9. The van der Waals surface area contributed by atoms with Gasteiger partial charge in [0, 0.05) is 23.1 Å². The molecule has 2 aliphatic heterocycles. The van der Waals surface area contributed by atoms with E-state index in [1.165, 1.54) is 11.3 Å². The molecule has 2 aromatic carbocycles. The highest BCUT2D eigenvalue weighted by atomic mass is 32.1. The molecule has 0 fully saturated rings. The summed E-state index contributed by atoms with van der Waals surface area (Å²) in [6.07, 6.45) is 1.90. The number of benzene rings is 2. The van der Waals surface area contributed by atoms with Gasteiger partial charge in [-0.05, 0) is 82.2 Å². The number of nitrogens with zero attached hydrogens (tertiary/aromatic N) is 3. The Labute approximate surface area is 246 Å². The summed E-state index contributed by atoms with van der Waals surface area (Å²) in [6.45, 7) is 10.5. The average molecular weight is 586 g/mol. The number of carbonyl (C=O) groups is 1. The number of allylic oxidation sites excluding steroid dienone is 1. The van der Waals surface area contributed by atoms with E-state index in [9.17, 15) is 9.59 Å². The van der Waals surface area contributed by atoms with Crippen molar-refractivity contribution >= 4 is 23.4 Å². The van der Waals surface area contributed by atoms with E-state index in [1.807, 2.05) is 69.3 Å². The summed E-state index contributed by atoms with van der Waals surface area (Å²) in [5, 5.41) is 0. The van der Waals surface area contributed by atoms with Crippen molar-refractivity contribution in [1.29, 1.82) is 0 Å². The lowest BCUT2D eigenvalue weighted by Crippen LogP contribution is -2.39. The molecule has 0 bridgehead atoms. The van der Waals surface area contributed by atoms with Gasteiger partial charge in [-0.1, -0.05) is 23.5 Å². The summed E-state index contributed by atoms with van der Waals surface area (Å²) >= 11 is 1.30. The van der Waals surface area contributed by atoms with Crippen molar-refractivity contribution < 1.29 is 23.7 Å². The predicted molar refractivity (Wildman–Crippen MR) is 159 cm³/mol. The van der Waals surface area contributed by atoms with Gasteiger partial charge in [0.15, 0.2) is 16.3 Å². The monoisotopic (exact) mass is 585 g/mol. The van der Waals surface area contributed by atoms with Crippen molar-refractivity contribution in [2.75, 3.05) is 20.0 Å². The molecule has 0 amide bonds. The molecule has 216 valence electrons. The molecular formula is C32H31N3O6S. The first-order valence-electron chi connectivity index (χ1n) is 13.8. The number of aryl methyl sites for hydroxylation is 1. The van der Waals surface area contributed by atoms with Crippen molar-refractivity contribution in [3.63, 3.8) is 0 Å². The van der Waals surface area contributed by atoms with Crippen LogP contribution >= 0.6 is 11.3 Å². The number of carbonyl (C=O) groups excluding carboxylic acids is 1. The van der Waals surface area contributed by atoms with Crippen molar-refractivity contribution in [3.8, 4) is 22.9 Å². The number of rotatable bonds is 7. The SMILES string of the molecule is CCOC(=O)C1=C(C)N=c2s/c(=C/c3cc(C)n(-c4ccc5c(c4)OCO5)c3C)c(=O)n2[C@H]1c1ccc(OCC)cc1. The fraction of sp³-hybridized carbons (Fsp3) is 0.281. The Morgan fingerprint density at radius 1 is 1.05 bits per heavy atom. The quantitative estimate of drug-likeness (QED) is 0.300. The van der Waals surface area contributed by atoms with E-state index in [2.05, 4.69) is 15.6 Å². The van der Waals surface area contributed by atoms with E-state index < -0.39 is 12.0 Å². The standard InChI is InChI=1S/C32H31N3O6S/c1-6-38-24-11-8-21(9-12-24)29-28(31(37)39-7-2)19(4)33-32-35(29)30(36)27(42-32)15-22-14-18(3)34(20(22)5)23-10-13-25-26(16-23)41-17-40-25/h8-16,29H,6-7,17H2,1-5H3/b27-15+/t29-/m0/s1. The topological polar surface area (TPSA) is 93.3 Å². The minimum Gasteiger partial charge on any atom is -0.494 e. The summed E-state index contributed by atoms with van der Waals surface area (Å²) in [5.41, 5.74) is 5.27. The van der Waals surface area contributed by atoms with Crippen LogP contribution in [0.2, 0.25) is 0 Å². The van der Waals surface area contributed by atoms with Gasteiger partial charge >= 0.3 is 5.97 Å². The van der Waals surface area contributed by atoms with Crippen LogP contribution in [0.15, 0.2) is 69.6 Å². The van der Waals surface area contributed by atoms with Crippen LogP contribution in [0.1, 0.15) is 49.3 Å². The summed E-state index contributed by atoms with van der Waals surface area (Å²) in [4.78, 5) is 32.4. The second-order valence-electron chi connectivity index (χ2n) is 10.0. The largest absolute Gasteiger partial charge is 0.494 e. The summed E-state index contributed by atoms with van der Waals surface area (Å²) in [6, 6.07) is 14.7. The number of ether oxygens (including phenoxy) is 4. The van der Waals surface area contributed by atoms with Gasteiger partial charge in [0.2, 0.25) is 6.79 Å². The van der Waals surface area contributed by atoms with E-state index in [4.69, 9.17) is 18.9 Å². The Balaban J connectivity index is 1.47. The molecule has 4 heterocycles. The second-order valence-corrected chi connectivity index (χ2v) is 11.0. The van der Waals surface area contributed by atoms with Gasteiger partial charge in [-0.3, -0.25) is 9.36 Å². The maximum Gasteiger partial charge on any atom is 0.338 e. The molecule has 4 aromatic rings. The third-order valence-corrected chi connectivity index (χ3v) is 8.38. The van der Waals surface area contributed by atoms with Crippen LogP contribution in [0.4, 0.5) is 0 Å². The van der Waals surface area contributed by atoms with E-state index >= 15 is 0 Å². The van der Waals surface area contributed by atoms with Crippen LogP contribution < -0.4 is 29.1 Å². The molecule has 10 heteroatoms. The fourth-order valence-electron chi connectivity index (χ4n) is 5.52. The smallest absolute Gasteiger partial charge is 0.338 e. The Morgan fingerprint density at radius 3 is 2.55 bits per heavy atom. The predicted octanol–water partition coefficient (Wildman–Crippen LogP) is 4.33. The molecule has 0 unspecified atom stereocenters. The highest BCUT2D eigenvalue weighted by Gasteiger charge is 2.33. The molecule has 2 aromatic heterocycles. The molecule has 42 heavy (non-hydrogen) atoms. The fourth-order valence-corrected chi connectivity index (χ4v) is 6.55. The maximum absolute atomic E-state index is 14.1. The highest BCUT2D eigenvalue weighted by Crippen LogP contribution is 2.35. The first-order chi connectivity index (χ1) is 20.3. The number of aromatic nitrogens is 2. The van der Waals surface area contributed by atoms with Crippen LogP contribution in [0.3, 0.4) is 0 Å². The van der Waals surface area contributed by atoms with Gasteiger partial charge in [-0.2, -0.15) is 0 Å². The van der Waals surface area contributed by atoms with E-state index in [-0.39, 0.29) is 19.0 Å². The number of fused-ring (bicyclic) bond motifs is 2. The summed E-state index contributed by atoms with van der Waals surface area (Å²) < 4.78 is 26.3. The van der Waals surface area contributed by atoms with Gasteiger partial charge in [-0.25, -0.2) is 9.79 Å². The highest BCUT2D eigenvalue weighted by molar-refractivity contribution is 7.07. The molecule has 0 saturated heterocycles. The van der Waals surface area contributed by atoms with Gasteiger partial charge < -0.3 is 23.5 Å². The summed E-state index contributed by atoms with van der Waals surface area (Å²) in [5.74, 6) is 1.66. The third-order valence-electron chi connectivity index (χ3n) is 7.40. The second kappa shape index (κ2) is 11.0. The molecule has 0 radical (unpaired) electrons. The van der Waals surface area contributed by atoms with Crippen LogP contribution in [0, 0.1) is 13.8 Å². The maximum atomic E-state index is 14.1. The summed E-state index contributed by atoms with van der Waals surface area (Å²) in [7, 11) is 0. The van der Waals surface area contributed by atoms with Crippen molar-refractivity contribution in [3.05, 3.63) is 102 Å². The molecule has 6 rings (SSSR count). The number of hydrogen-bond acceptors (Lipinski definition) is 8. The molecule has 9 nitrogen and oxygen atoms in total. The van der Waals surface area contributed by atoms with Crippen molar-refractivity contribution in [2.24, 2.45) is 4.99 Å². The minimum atomic E-state index is -0.681. The van der Waals surface area contributed by atoms with Crippen LogP contribution in [0.25, 0.3) is 11.8 Å². The molecule has 0 spiro atoms.